The van der Waals surface area contributed by atoms with Crippen molar-refractivity contribution >= 4 is 11.3 Å². The quantitative estimate of drug-likeness (QED) is 0.767. The molecule has 1 unspecified atom stereocenters. The lowest BCUT2D eigenvalue weighted by atomic mass is 10.00. The van der Waals surface area contributed by atoms with Gasteiger partial charge < -0.3 is 19.9 Å². The topological polar surface area (TPSA) is 53.7 Å². The normalized spacial score (nSPS) is 10.8. The molecule has 0 amide bonds. The number of nitrogens with two attached hydrogens (primary N) is 1. The van der Waals surface area contributed by atoms with Gasteiger partial charge in [-0.1, -0.05) is 11.8 Å². The van der Waals surface area contributed by atoms with E-state index in [4.69, 9.17) is 19.9 Å². The number of ether oxygens (including phenoxy) is 3. The van der Waals surface area contributed by atoms with Gasteiger partial charge in [-0.2, -0.15) is 0 Å². The first-order valence-electron chi connectivity index (χ1n) is 7.97. The smallest absolute Gasteiger partial charge is 0.149 e. The average Bonchev–Trinajstić information content (AvgIpc) is 3.04. The SMILES string of the molecule is [CH2]C(C)(N)CCc1ccc(C#CCOc2cc(OC)cc(OC)c2)s1. The summed E-state index contributed by atoms with van der Waals surface area (Å²) >= 11 is 1.68. The van der Waals surface area contributed by atoms with Crippen LogP contribution in [0.5, 0.6) is 17.2 Å². The van der Waals surface area contributed by atoms with Crippen molar-refractivity contribution in [1.29, 1.82) is 0 Å². The molecule has 1 heterocycles. The minimum Gasteiger partial charge on any atom is -0.496 e. The van der Waals surface area contributed by atoms with Gasteiger partial charge in [0.15, 0.2) is 0 Å². The van der Waals surface area contributed by atoms with Crippen LogP contribution in [0.15, 0.2) is 30.3 Å². The van der Waals surface area contributed by atoms with Crippen molar-refractivity contribution in [3.8, 4) is 29.1 Å². The maximum absolute atomic E-state index is 5.92. The van der Waals surface area contributed by atoms with E-state index < -0.39 is 0 Å². The van der Waals surface area contributed by atoms with Gasteiger partial charge in [0.1, 0.15) is 23.9 Å². The standard InChI is InChI=1S/C20H24NO3S/c1-20(2,21)10-9-19-8-7-18(25-19)6-5-11-24-17-13-15(22-3)12-16(14-17)23-4/h7-8,12-14H,1,9-11,21H2,2-4H3. The van der Waals surface area contributed by atoms with Crippen molar-refractivity contribution in [3.63, 3.8) is 0 Å². The summed E-state index contributed by atoms with van der Waals surface area (Å²) in [5.74, 6) is 8.18. The lowest BCUT2D eigenvalue weighted by Crippen LogP contribution is -2.32. The Labute approximate surface area is 153 Å². The van der Waals surface area contributed by atoms with Gasteiger partial charge >= 0.3 is 0 Å². The minimum atomic E-state index is -0.387. The molecule has 25 heavy (non-hydrogen) atoms. The first kappa shape index (κ1) is 19.2. The third-order valence-corrected chi connectivity index (χ3v) is 4.51. The summed E-state index contributed by atoms with van der Waals surface area (Å²) in [5.41, 5.74) is 5.53. The lowest BCUT2D eigenvalue weighted by Gasteiger charge is -2.16. The molecule has 0 saturated heterocycles. The molecule has 5 heteroatoms. The highest BCUT2D eigenvalue weighted by Gasteiger charge is 2.11. The van der Waals surface area contributed by atoms with Crippen LogP contribution in [0.3, 0.4) is 0 Å². The van der Waals surface area contributed by atoms with E-state index in [2.05, 4.69) is 24.8 Å². The van der Waals surface area contributed by atoms with Gasteiger partial charge in [0.2, 0.25) is 0 Å². The van der Waals surface area contributed by atoms with E-state index in [-0.39, 0.29) is 5.54 Å². The van der Waals surface area contributed by atoms with Crippen molar-refractivity contribution in [3.05, 3.63) is 47.0 Å². The molecule has 0 aliphatic rings. The van der Waals surface area contributed by atoms with E-state index in [1.54, 1.807) is 43.8 Å². The largest absolute Gasteiger partial charge is 0.496 e. The van der Waals surface area contributed by atoms with Crippen LogP contribution in [-0.2, 0) is 6.42 Å². The van der Waals surface area contributed by atoms with Gasteiger partial charge in [0.05, 0.1) is 19.1 Å². The molecule has 0 saturated carbocycles. The summed E-state index contributed by atoms with van der Waals surface area (Å²) in [6.45, 7) is 6.16. The third kappa shape index (κ3) is 6.69. The zero-order valence-corrected chi connectivity index (χ0v) is 15.7. The van der Waals surface area contributed by atoms with Crippen LogP contribution >= 0.6 is 11.3 Å². The van der Waals surface area contributed by atoms with E-state index >= 15 is 0 Å². The van der Waals surface area contributed by atoms with Crippen molar-refractivity contribution in [2.45, 2.75) is 25.3 Å². The van der Waals surface area contributed by atoms with Gasteiger partial charge in [0.25, 0.3) is 0 Å². The molecule has 133 valence electrons. The van der Waals surface area contributed by atoms with E-state index in [1.807, 2.05) is 13.0 Å². The monoisotopic (exact) mass is 358 g/mol. The summed E-state index contributed by atoms with van der Waals surface area (Å²) < 4.78 is 16.1. The zero-order valence-electron chi connectivity index (χ0n) is 14.9. The summed E-state index contributed by atoms with van der Waals surface area (Å²) in [4.78, 5) is 2.28. The number of methoxy groups -OCH3 is 2. The Morgan fingerprint density at radius 1 is 1.12 bits per heavy atom. The average molecular weight is 358 g/mol. The molecule has 1 atom stereocenters. The number of benzene rings is 1. The van der Waals surface area contributed by atoms with Gasteiger partial charge in [-0.05, 0) is 38.8 Å². The molecular weight excluding hydrogens is 334 g/mol. The van der Waals surface area contributed by atoms with E-state index in [0.29, 0.717) is 23.9 Å². The molecule has 1 aromatic heterocycles. The van der Waals surface area contributed by atoms with Crippen LogP contribution in [-0.4, -0.2) is 26.4 Å². The van der Waals surface area contributed by atoms with Crippen LogP contribution in [0, 0.1) is 18.8 Å². The van der Waals surface area contributed by atoms with Crippen LogP contribution in [0.4, 0.5) is 0 Å². The fraction of sp³-hybridized carbons (Fsp3) is 0.350. The fourth-order valence-electron chi connectivity index (χ4n) is 2.10. The van der Waals surface area contributed by atoms with Crippen molar-refractivity contribution in [2.75, 3.05) is 20.8 Å². The van der Waals surface area contributed by atoms with Crippen molar-refractivity contribution in [1.82, 2.24) is 0 Å². The van der Waals surface area contributed by atoms with Gasteiger partial charge in [0, 0.05) is 28.6 Å². The van der Waals surface area contributed by atoms with Crippen LogP contribution in [0.2, 0.25) is 0 Å². The van der Waals surface area contributed by atoms with E-state index in [1.165, 1.54) is 4.88 Å². The highest BCUT2D eigenvalue weighted by molar-refractivity contribution is 7.12. The first-order chi connectivity index (χ1) is 11.9. The number of rotatable bonds is 7. The van der Waals surface area contributed by atoms with Crippen LogP contribution in [0.1, 0.15) is 23.1 Å². The molecule has 2 aromatic rings. The summed E-state index contributed by atoms with van der Waals surface area (Å²) in [7, 11) is 3.21. The molecule has 0 fully saturated rings. The maximum Gasteiger partial charge on any atom is 0.149 e. The Morgan fingerprint density at radius 3 is 2.36 bits per heavy atom. The highest BCUT2D eigenvalue weighted by atomic mass is 32.1. The van der Waals surface area contributed by atoms with E-state index in [9.17, 15) is 0 Å². The molecule has 0 aliphatic heterocycles. The summed E-state index contributed by atoms with van der Waals surface area (Å²) in [6, 6.07) is 9.52. The Morgan fingerprint density at radius 2 is 1.76 bits per heavy atom. The number of aryl methyl sites for hydroxylation is 1. The highest BCUT2D eigenvalue weighted by Crippen LogP contribution is 2.27. The Balaban J connectivity index is 1.90. The second-order valence-corrected chi connectivity index (χ2v) is 7.23. The molecule has 4 nitrogen and oxygen atoms in total. The van der Waals surface area contributed by atoms with Crippen molar-refractivity contribution < 1.29 is 14.2 Å². The Bertz CT molecular complexity index is 728. The van der Waals surface area contributed by atoms with Gasteiger partial charge in [-0.3, -0.25) is 0 Å². The molecule has 0 spiro atoms. The first-order valence-corrected chi connectivity index (χ1v) is 8.79. The van der Waals surface area contributed by atoms with E-state index in [0.717, 1.165) is 17.7 Å². The third-order valence-electron chi connectivity index (χ3n) is 3.45. The fourth-order valence-corrected chi connectivity index (χ4v) is 2.98. The van der Waals surface area contributed by atoms with Crippen molar-refractivity contribution in [2.24, 2.45) is 5.73 Å². The summed E-state index contributed by atoms with van der Waals surface area (Å²) in [5, 5.41) is 0. The van der Waals surface area contributed by atoms with Gasteiger partial charge in [-0.15, -0.1) is 11.3 Å². The predicted molar refractivity (Wildman–Crippen MR) is 103 cm³/mol. The summed E-state index contributed by atoms with van der Waals surface area (Å²) in [6.07, 6.45) is 1.77. The Hall–Kier alpha value is -2.16. The number of hydrogen-bond donors (Lipinski definition) is 1. The minimum absolute atomic E-state index is 0.295. The molecule has 1 radical (unpaired) electrons. The molecule has 0 bridgehead atoms. The second-order valence-electron chi connectivity index (χ2n) is 6.06. The predicted octanol–water partition coefficient (Wildman–Crippen LogP) is 3.68. The second kappa shape index (κ2) is 8.80. The Kier molecular flexibility index (Phi) is 6.74. The number of hydrogen-bond acceptors (Lipinski definition) is 5. The molecule has 1 aromatic carbocycles. The van der Waals surface area contributed by atoms with Crippen LogP contribution in [0.25, 0.3) is 0 Å². The van der Waals surface area contributed by atoms with Gasteiger partial charge in [-0.25, -0.2) is 0 Å². The zero-order chi connectivity index (χ0) is 18.3. The number of thiophene rings is 1. The molecule has 2 N–H and O–H groups in total. The van der Waals surface area contributed by atoms with Crippen LogP contribution < -0.4 is 19.9 Å². The molecule has 2 rings (SSSR count). The molecule has 0 aliphatic carbocycles. The molecular formula is C20H24NO3S. The lowest BCUT2D eigenvalue weighted by molar-refractivity contribution is 0.353. The maximum atomic E-state index is 5.92.